The van der Waals surface area contributed by atoms with Crippen molar-refractivity contribution in [1.29, 1.82) is 0 Å². The molecule has 3 aromatic rings. The number of hydrogen-bond donors (Lipinski definition) is 2. The normalized spacial score (nSPS) is 18.8. The van der Waals surface area contributed by atoms with Crippen LogP contribution < -0.4 is 24.8 Å². The average Bonchev–Trinajstić information content (AvgIpc) is 3.06. The van der Waals surface area contributed by atoms with Crippen LogP contribution in [0.5, 0.6) is 17.2 Å². The molecule has 0 saturated heterocycles. The lowest BCUT2D eigenvalue weighted by Crippen LogP contribution is -2.27. The average molecular weight is 485 g/mol. The summed E-state index contributed by atoms with van der Waals surface area (Å²) in [7, 11) is 1.64. The van der Waals surface area contributed by atoms with Gasteiger partial charge >= 0.3 is 0 Å². The number of nitrogens with one attached hydrogen (secondary N) is 2. The molecule has 5 rings (SSSR count). The number of Topliss-reactive ketones (excluding diaryl/α,β-unsaturated/α-hetero) is 1. The number of para-hydroxylation sites is 3. The molecular weight excluding hydrogens is 452 g/mol. The Morgan fingerprint density at radius 3 is 2.33 bits per heavy atom. The second kappa shape index (κ2) is 10.4. The summed E-state index contributed by atoms with van der Waals surface area (Å²) >= 11 is 0. The molecule has 0 radical (unpaired) electrons. The van der Waals surface area contributed by atoms with E-state index in [1.54, 1.807) is 7.11 Å². The zero-order valence-electron chi connectivity index (χ0n) is 21.0. The first kappa shape index (κ1) is 23.8. The highest BCUT2D eigenvalue weighted by Gasteiger charge is 2.37. The Kier molecular flexibility index (Phi) is 6.85. The third kappa shape index (κ3) is 4.51. The number of benzene rings is 3. The Morgan fingerprint density at radius 1 is 0.833 bits per heavy atom. The molecule has 36 heavy (non-hydrogen) atoms. The molecule has 0 saturated carbocycles. The molecule has 1 aliphatic carbocycles. The summed E-state index contributed by atoms with van der Waals surface area (Å²) in [6, 6.07) is 21.7. The molecule has 1 heterocycles. The molecule has 0 spiro atoms. The van der Waals surface area contributed by atoms with Crippen LogP contribution in [0.4, 0.5) is 11.4 Å². The summed E-state index contributed by atoms with van der Waals surface area (Å²) in [5.41, 5.74) is 5.65. The van der Waals surface area contributed by atoms with Gasteiger partial charge in [-0.1, -0.05) is 36.4 Å². The monoisotopic (exact) mass is 484 g/mol. The number of rotatable bonds is 7. The molecule has 0 bridgehead atoms. The minimum absolute atomic E-state index is 0.0291. The quantitative estimate of drug-likeness (QED) is 0.400. The summed E-state index contributed by atoms with van der Waals surface area (Å²) in [4.78, 5) is 13.9. The highest BCUT2D eigenvalue weighted by Crippen LogP contribution is 2.46. The van der Waals surface area contributed by atoms with Gasteiger partial charge in [0.05, 0.1) is 37.7 Å². The Bertz CT molecular complexity index is 1300. The number of allylic oxidation sites excluding steroid dienone is 1. The van der Waals surface area contributed by atoms with E-state index >= 15 is 0 Å². The van der Waals surface area contributed by atoms with Gasteiger partial charge in [0.15, 0.2) is 17.3 Å². The number of carbonyl (C=O) groups excluding carboxylic acids is 1. The van der Waals surface area contributed by atoms with Crippen LogP contribution in [0.3, 0.4) is 0 Å². The second-order valence-corrected chi connectivity index (χ2v) is 8.98. The number of fused-ring (bicyclic) bond motifs is 1. The smallest absolute Gasteiger partial charge is 0.163 e. The summed E-state index contributed by atoms with van der Waals surface area (Å²) in [6.45, 7) is 5.04. The third-order valence-corrected chi connectivity index (χ3v) is 6.80. The third-order valence-electron chi connectivity index (χ3n) is 6.80. The van der Waals surface area contributed by atoms with Gasteiger partial charge in [0.2, 0.25) is 0 Å². The Morgan fingerprint density at radius 2 is 1.56 bits per heavy atom. The van der Waals surface area contributed by atoms with Gasteiger partial charge in [-0.2, -0.15) is 0 Å². The first-order valence-corrected chi connectivity index (χ1v) is 12.5. The first-order valence-electron chi connectivity index (χ1n) is 12.5. The van der Waals surface area contributed by atoms with Gasteiger partial charge in [0, 0.05) is 23.3 Å². The number of carbonyl (C=O) groups is 1. The van der Waals surface area contributed by atoms with Crippen LogP contribution in [-0.4, -0.2) is 26.1 Å². The van der Waals surface area contributed by atoms with Gasteiger partial charge in [-0.05, 0) is 62.1 Å². The van der Waals surface area contributed by atoms with Crippen LogP contribution >= 0.6 is 0 Å². The van der Waals surface area contributed by atoms with E-state index in [0.717, 1.165) is 39.5 Å². The van der Waals surface area contributed by atoms with E-state index in [-0.39, 0.29) is 17.7 Å². The van der Waals surface area contributed by atoms with Crippen LogP contribution in [0, 0.1) is 0 Å². The van der Waals surface area contributed by atoms with Crippen molar-refractivity contribution in [1.82, 2.24) is 0 Å². The second-order valence-electron chi connectivity index (χ2n) is 8.98. The number of anilines is 2. The summed E-state index contributed by atoms with van der Waals surface area (Å²) in [5.74, 6) is 2.34. The highest BCUT2D eigenvalue weighted by atomic mass is 16.5. The van der Waals surface area contributed by atoms with Gasteiger partial charge in [0.25, 0.3) is 0 Å². The predicted molar refractivity (Wildman–Crippen MR) is 142 cm³/mol. The Labute approximate surface area is 212 Å². The number of hydrogen-bond acceptors (Lipinski definition) is 6. The lowest BCUT2D eigenvalue weighted by Gasteiger charge is -2.30. The fourth-order valence-corrected chi connectivity index (χ4v) is 5.18. The molecule has 0 unspecified atom stereocenters. The maximum atomic E-state index is 13.9. The maximum absolute atomic E-state index is 13.9. The predicted octanol–water partition coefficient (Wildman–Crippen LogP) is 6.47. The van der Waals surface area contributed by atoms with Crippen molar-refractivity contribution in [3.8, 4) is 17.2 Å². The van der Waals surface area contributed by atoms with Crippen LogP contribution in [0.2, 0.25) is 0 Å². The zero-order chi connectivity index (χ0) is 25.1. The van der Waals surface area contributed by atoms with Crippen molar-refractivity contribution in [2.75, 3.05) is 31.0 Å². The van der Waals surface area contributed by atoms with Crippen molar-refractivity contribution in [2.24, 2.45) is 0 Å². The molecule has 6 heteroatoms. The lowest BCUT2D eigenvalue weighted by atomic mass is 9.78. The number of ether oxygens (including phenoxy) is 3. The number of ketones is 1. The van der Waals surface area contributed by atoms with E-state index in [1.807, 2.05) is 80.6 Å². The van der Waals surface area contributed by atoms with Crippen LogP contribution in [0.15, 0.2) is 78.0 Å². The van der Waals surface area contributed by atoms with Crippen molar-refractivity contribution in [3.05, 3.63) is 89.1 Å². The molecule has 186 valence electrons. The van der Waals surface area contributed by atoms with E-state index in [2.05, 4.69) is 10.6 Å². The minimum atomic E-state index is -0.317. The first-order chi connectivity index (χ1) is 17.6. The van der Waals surface area contributed by atoms with Gasteiger partial charge < -0.3 is 24.8 Å². The lowest BCUT2D eigenvalue weighted by molar-refractivity contribution is -0.116. The van der Waals surface area contributed by atoms with Gasteiger partial charge in [0.1, 0.15) is 5.75 Å². The summed E-state index contributed by atoms with van der Waals surface area (Å²) in [5, 5.41) is 7.24. The van der Waals surface area contributed by atoms with E-state index in [4.69, 9.17) is 14.2 Å². The number of methoxy groups -OCH3 is 1. The molecule has 2 aliphatic rings. The minimum Gasteiger partial charge on any atom is -0.494 e. The SMILES string of the molecule is CCOc1ccc([C@@H]2CC(=O)C3=C(C2)Nc2ccccc2N[C@H]3c2ccccc2OCC)cc1OC. The van der Waals surface area contributed by atoms with Crippen molar-refractivity contribution in [2.45, 2.75) is 38.6 Å². The zero-order valence-corrected chi connectivity index (χ0v) is 21.0. The molecule has 1 aliphatic heterocycles. The van der Waals surface area contributed by atoms with Gasteiger partial charge in [-0.15, -0.1) is 0 Å². The standard InChI is InChI=1S/C30H32N2O4/c1-4-35-26-13-9-6-10-21(26)30-29-24(31-22-11-7-8-12-23(22)32-30)16-20(17-25(29)33)19-14-15-27(36-5-2)28(18-19)34-3/h6-15,18,20,30-32H,4-5,16-17H2,1-3H3/t20-,30-/m0/s1. The molecule has 3 aromatic carbocycles. The van der Waals surface area contributed by atoms with Crippen LogP contribution in [-0.2, 0) is 4.79 Å². The van der Waals surface area contributed by atoms with Crippen molar-refractivity contribution < 1.29 is 19.0 Å². The van der Waals surface area contributed by atoms with Gasteiger partial charge in [-0.3, -0.25) is 4.79 Å². The molecule has 0 amide bonds. The van der Waals surface area contributed by atoms with Gasteiger partial charge in [-0.25, -0.2) is 0 Å². The van der Waals surface area contributed by atoms with Crippen LogP contribution in [0.1, 0.15) is 49.8 Å². The van der Waals surface area contributed by atoms with Crippen molar-refractivity contribution >= 4 is 17.2 Å². The van der Waals surface area contributed by atoms with E-state index in [1.165, 1.54) is 0 Å². The fraction of sp³-hybridized carbons (Fsp3) is 0.300. The molecule has 6 nitrogen and oxygen atoms in total. The topological polar surface area (TPSA) is 68.8 Å². The van der Waals surface area contributed by atoms with E-state index in [9.17, 15) is 4.79 Å². The fourth-order valence-electron chi connectivity index (χ4n) is 5.18. The molecular formula is C30H32N2O4. The van der Waals surface area contributed by atoms with E-state index < -0.39 is 0 Å². The van der Waals surface area contributed by atoms with Crippen molar-refractivity contribution in [3.63, 3.8) is 0 Å². The summed E-state index contributed by atoms with van der Waals surface area (Å²) in [6.07, 6.45) is 1.13. The van der Waals surface area contributed by atoms with E-state index in [0.29, 0.717) is 37.6 Å². The summed E-state index contributed by atoms with van der Waals surface area (Å²) < 4.78 is 17.2. The molecule has 0 fully saturated rings. The molecule has 0 aromatic heterocycles. The molecule has 2 N–H and O–H groups in total. The Balaban J connectivity index is 1.58. The molecule has 2 atom stereocenters. The largest absolute Gasteiger partial charge is 0.494 e. The van der Waals surface area contributed by atoms with Crippen LogP contribution in [0.25, 0.3) is 0 Å². The maximum Gasteiger partial charge on any atom is 0.163 e. The highest BCUT2D eigenvalue weighted by molar-refractivity contribution is 6.01. The Hall–Kier alpha value is -3.93.